The second-order valence-corrected chi connectivity index (χ2v) is 5.84. The van der Waals surface area contributed by atoms with Gasteiger partial charge in [0.1, 0.15) is 11.9 Å². The van der Waals surface area contributed by atoms with Crippen LogP contribution in [0, 0.1) is 5.92 Å². The fourth-order valence-corrected chi connectivity index (χ4v) is 3.04. The normalized spacial score (nSPS) is 20.6. The Morgan fingerprint density at radius 2 is 2.22 bits per heavy atom. The molecule has 1 saturated heterocycles. The molecule has 0 saturated carbocycles. The van der Waals surface area contributed by atoms with Gasteiger partial charge in [0.15, 0.2) is 0 Å². The number of thioether (sulfide) groups is 1. The SMILES string of the molecule is CC(Cc1ccc(OC2CCSC2)cc1)C(=O)O. The third-order valence-corrected chi connectivity index (χ3v) is 4.21. The molecule has 2 unspecified atom stereocenters. The second kappa shape index (κ2) is 6.14. The molecule has 0 aromatic heterocycles. The van der Waals surface area contributed by atoms with Crippen molar-refractivity contribution < 1.29 is 14.6 Å². The number of rotatable bonds is 5. The van der Waals surface area contributed by atoms with Crippen LogP contribution in [0.25, 0.3) is 0 Å². The summed E-state index contributed by atoms with van der Waals surface area (Å²) >= 11 is 1.93. The summed E-state index contributed by atoms with van der Waals surface area (Å²) in [7, 11) is 0. The molecule has 1 aliphatic rings. The zero-order chi connectivity index (χ0) is 13.0. The molecule has 0 bridgehead atoms. The van der Waals surface area contributed by atoms with Crippen LogP contribution in [0.2, 0.25) is 0 Å². The first-order valence-electron chi connectivity index (χ1n) is 6.21. The lowest BCUT2D eigenvalue weighted by Gasteiger charge is -2.13. The smallest absolute Gasteiger partial charge is 0.306 e. The van der Waals surface area contributed by atoms with Gasteiger partial charge in [-0.25, -0.2) is 0 Å². The van der Waals surface area contributed by atoms with Crippen molar-refractivity contribution in [3.63, 3.8) is 0 Å². The molecule has 0 amide bonds. The van der Waals surface area contributed by atoms with E-state index in [0.29, 0.717) is 12.5 Å². The number of carboxylic acids is 1. The number of aliphatic carboxylic acids is 1. The lowest BCUT2D eigenvalue weighted by Crippen LogP contribution is -2.15. The topological polar surface area (TPSA) is 46.5 Å². The van der Waals surface area contributed by atoms with E-state index in [1.165, 1.54) is 5.75 Å². The Morgan fingerprint density at radius 1 is 1.50 bits per heavy atom. The van der Waals surface area contributed by atoms with Crippen molar-refractivity contribution in [1.29, 1.82) is 0 Å². The quantitative estimate of drug-likeness (QED) is 0.890. The van der Waals surface area contributed by atoms with Crippen molar-refractivity contribution in [3.8, 4) is 5.75 Å². The second-order valence-electron chi connectivity index (χ2n) is 4.69. The van der Waals surface area contributed by atoms with Crippen LogP contribution in [0.3, 0.4) is 0 Å². The Hall–Kier alpha value is -1.16. The van der Waals surface area contributed by atoms with Crippen LogP contribution >= 0.6 is 11.8 Å². The summed E-state index contributed by atoms with van der Waals surface area (Å²) in [5.41, 5.74) is 1.04. The maximum atomic E-state index is 10.8. The molecule has 0 radical (unpaired) electrons. The Morgan fingerprint density at radius 3 is 2.78 bits per heavy atom. The summed E-state index contributed by atoms with van der Waals surface area (Å²) < 4.78 is 5.85. The van der Waals surface area contributed by atoms with Crippen LogP contribution in [0.4, 0.5) is 0 Å². The van der Waals surface area contributed by atoms with E-state index in [4.69, 9.17) is 9.84 Å². The summed E-state index contributed by atoms with van der Waals surface area (Å²) in [6.07, 6.45) is 2.01. The van der Waals surface area contributed by atoms with Gasteiger partial charge in [-0.15, -0.1) is 0 Å². The molecule has 1 aromatic rings. The molecular weight excluding hydrogens is 248 g/mol. The van der Waals surface area contributed by atoms with Gasteiger partial charge in [-0.05, 0) is 36.3 Å². The van der Waals surface area contributed by atoms with E-state index >= 15 is 0 Å². The van der Waals surface area contributed by atoms with Crippen LogP contribution < -0.4 is 4.74 Å². The van der Waals surface area contributed by atoms with Gasteiger partial charge < -0.3 is 9.84 Å². The molecule has 1 heterocycles. The summed E-state index contributed by atoms with van der Waals surface area (Å²) in [4.78, 5) is 10.8. The Kier molecular flexibility index (Phi) is 4.53. The Balaban J connectivity index is 1.90. The Bertz CT molecular complexity index is 396. The highest BCUT2D eigenvalue weighted by molar-refractivity contribution is 7.99. The molecule has 4 heteroatoms. The summed E-state index contributed by atoms with van der Waals surface area (Å²) in [5, 5.41) is 8.86. The molecule has 1 aliphatic heterocycles. The van der Waals surface area contributed by atoms with Gasteiger partial charge in [-0.3, -0.25) is 4.79 Å². The highest BCUT2D eigenvalue weighted by Gasteiger charge is 2.17. The molecule has 3 nitrogen and oxygen atoms in total. The molecule has 1 aromatic carbocycles. The molecule has 1 fully saturated rings. The van der Waals surface area contributed by atoms with Crippen molar-refractivity contribution in [2.24, 2.45) is 5.92 Å². The predicted molar refractivity (Wildman–Crippen MR) is 73.3 cm³/mol. The first-order valence-corrected chi connectivity index (χ1v) is 7.37. The highest BCUT2D eigenvalue weighted by Crippen LogP contribution is 2.23. The highest BCUT2D eigenvalue weighted by atomic mass is 32.2. The molecule has 0 aliphatic carbocycles. The van der Waals surface area contributed by atoms with E-state index in [1.807, 2.05) is 36.0 Å². The zero-order valence-electron chi connectivity index (χ0n) is 10.5. The minimum absolute atomic E-state index is 0.332. The van der Waals surface area contributed by atoms with Gasteiger partial charge in [0.05, 0.1) is 5.92 Å². The average molecular weight is 266 g/mol. The van der Waals surface area contributed by atoms with Crippen molar-refractivity contribution in [2.45, 2.75) is 25.9 Å². The van der Waals surface area contributed by atoms with Gasteiger partial charge in [-0.1, -0.05) is 19.1 Å². The third kappa shape index (κ3) is 3.67. The van der Waals surface area contributed by atoms with Crippen molar-refractivity contribution in [1.82, 2.24) is 0 Å². The van der Waals surface area contributed by atoms with Gasteiger partial charge in [0.25, 0.3) is 0 Å². The fourth-order valence-electron chi connectivity index (χ4n) is 1.94. The molecule has 1 N–H and O–H groups in total. The van der Waals surface area contributed by atoms with Crippen LogP contribution in [0.5, 0.6) is 5.75 Å². The largest absolute Gasteiger partial charge is 0.490 e. The summed E-state index contributed by atoms with van der Waals surface area (Å²) in [6.45, 7) is 1.72. The van der Waals surface area contributed by atoms with Gasteiger partial charge in [0, 0.05) is 5.75 Å². The number of carbonyl (C=O) groups is 1. The molecule has 2 rings (SSSR count). The lowest BCUT2D eigenvalue weighted by molar-refractivity contribution is -0.141. The summed E-state index contributed by atoms with van der Waals surface area (Å²) in [5.74, 6) is 2.03. The van der Waals surface area contributed by atoms with Crippen LogP contribution in [0.15, 0.2) is 24.3 Å². The van der Waals surface area contributed by atoms with Gasteiger partial charge in [0.2, 0.25) is 0 Å². The first-order chi connectivity index (χ1) is 8.65. The number of ether oxygens (including phenoxy) is 1. The summed E-state index contributed by atoms with van der Waals surface area (Å²) in [6, 6.07) is 7.79. The predicted octanol–water partition coefficient (Wildman–Crippen LogP) is 2.83. The van der Waals surface area contributed by atoms with E-state index in [0.717, 1.165) is 23.5 Å². The van der Waals surface area contributed by atoms with Crippen molar-refractivity contribution in [3.05, 3.63) is 29.8 Å². The number of benzene rings is 1. The maximum Gasteiger partial charge on any atom is 0.306 e. The molecular formula is C14H18O3S. The van der Waals surface area contributed by atoms with Crippen LogP contribution in [0.1, 0.15) is 18.9 Å². The van der Waals surface area contributed by atoms with Gasteiger partial charge in [-0.2, -0.15) is 11.8 Å². The lowest BCUT2D eigenvalue weighted by atomic mass is 10.0. The molecule has 0 spiro atoms. The molecule has 98 valence electrons. The standard InChI is InChI=1S/C14H18O3S/c1-10(14(15)16)8-11-2-4-12(5-3-11)17-13-6-7-18-9-13/h2-5,10,13H,6-9H2,1H3,(H,15,16). The average Bonchev–Trinajstić information content (AvgIpc) is 2.84. The number of hydrogen-bond acceptors (Lipinski definition) is 3. The fraction of sp³-hybridized carbons (Fsp3) is 0.500. The first kappa shape index (κ1) is 13.3. The molecule has 18 heavy (non-hydrogen) atoms. The van der Waals surface area contributed by atoms with E-state index in [9.17, 15) is 4.79 Å². The Labute approximate surface area is 112 Å². The zero-order valence-corrected chi connectivity index (χ0v) is 11.3. The van der Waals surface area contributed by atoms with Gasteiger partial charge >= 0.3 is 5.97 Å². The van der Waals surface area contributed by atoms with E-state index in [2.05, 4.69) is 0 Å². The van der Waals surface area contributed by atoms with E-state index in [-0.39, 0.29) is 5.92 Å². The van der Waals surface area contributed by atoms with Crippen molar-refractivity contribution in [2.75, 3.05) is 11.5 Å². The minimum Gasteiger partial charge on any atom is -0.490 e. The van der Waals surface area contributed by atoms with Crippen LogP contribution in [-0.2, 0) is 11.2 Å². The number of carboxylic acid groups (broad SMARTS) is 1. The monoisotopic (exact) mass is 266 g/mol. The number of hydrogen-bond donors (Lipinski definition) is 1. The molecule has 2 atom stereocenters. The van der Waals surface area contributed by atoms with Crippen LogP contribution in [-0.4, -0.2) is 28.7 Å². The van der Waals surface area contributed by atoms with E-state index < -0.39 is 5.97 Å². The maximum absolute atomic E-state index is 10.8. The van der Waals surface area contributed by atoms with E-state index in [1.54, 1.807) is 6.92 Å². The minimum atomic E-state index is -0.752. The third-order valence-electron chi connectivity index (χ3n) is 3.08. The van der Waals surface area contributed by atoms with Crippen molar-refractivity contribution >= 4 is 17.7 Å².